The van der Waals surface area contributed by atoms with Crippen LogP contribution in [0.1, 0.15) is 18.2 Å². The molecule has 0 bridgehead atoms. The third-order valence-electron chi connectivity index (χ3n) is 4.59. The molecule has 30 heavy (non-hydrogen) atoms. The summed E-state index contributed by atoms with van der Waals surface area (Å²) < 4.78 is 23.0. The minimum atomic E-state index is -0.225. The van der Waals surface area contributed by atoms with Gasteiger partial charge in [0.2, 0.25) is 11.2 Å². The summed E-state index contributed by atoms with van der Waals surface area (Å²) >= 11 is 0. The first-order valence-electron chi connectivity index (χ1n) is 9.79. The molecule has 3 aromatic carbocycles. The van der Waals surface area contributed by atoms with E-state index >= 15 is 0 Å². The van der Waals surface area contributed by atoms with E-state index in [1.807, 2.05) is 37.3 Å². The lowest BCUT2D eigenvalue weighted by Gasteiger charge is -2.11. The molecule has 0 fully saturated rings. The van der Waals surface area contributed by atoms with Crippen molar-refractivity contribution in [3.63, 3.8) is 0 Å². The second-order valence-corrected chi connectivity index (χ2v) is 6.76. The van der Waals surface area contributed by atoms with Crippen molar-refractivity contribution >= 4 is 11.0 Å². The molecular weight excluding hydrogens is 380 g/mol. The monoisotopic (exact) mass is 402 g/mol. The van der Waals surface area contributed by atoms with Crippen molar-refractivity contribution in [1.29, 1.82) is 0 Å². The SMILES string of the molecule is CCOc1ccc(Oc2c(C)oc3cc(OCc4ccccc4)ccc3c2=O)cc1. The zero-order chi connectivity index (χ0) is 20.9. The van der Waals surface area contributed by atoms with Crippen molar-refractivity contribution in [2.45, 2.75) is 20.5 Å². The van der Waals surface area contributed by atoms with Crippen molar-refractivity contribution in [3.05, 3.63) is 94.3 Å². The lowest BCUT2D eigenvalue weighted by atomic mass is 10.2. The first-order valence-corrected chi connectivity index (χ1v) is 9.79. The largest absolute Gasteiger partial charge is 0.494 e. The maximum absolute atomic E-state index is 13.0. The second-order valence-electron chi connectivity index (χ2n) is 6.76. The predicted molar refractivity (Wildman–Crippen MR) is 116 cm³/mol. The Hall–Kier alpha value is -3.73. The van der Waals surface area contributed by atoms with Crippen LogP contribution in [0.25, 0.3) is 11.0 Å². The summed E-state index contributed by atoms with van der Waals surface area (Å²) in [6.07, 6.45) is 0. The quantitative estimate of drug-likeness (QED) is 0.387. The van der Waals surface area contributed by atoms with Crippen LogP contribution >= 0.6 is 0 Å². The number of fused-ring (bicyclic) bond motifs is 1. The van der Waals surface area contributed by atoms with Crippen LogP contribution in [0.3, 0.4) is 0 Å². The third kappa shape index (κ3) is 4.30. The summed E-state index contributed by atoms with van der Waals surface area (Å²) in [5.74, 6) is 2.49. The van der Waals surface area contributed by atoms with Crippen LogP contribution in [-0.4, -0.2) is 6.61 Å². The Kier molecular flexibility index (Phi) is 5.70. The molecule has 1 heterocycles. The van der Waals surface area contributed by atoms with Crippen LogP contribution in [0.15, 0.2) is 82.0 Å². The fourth-order valence-corrected chi connectivity index (χ4v) is 3.11. The van der Waals surface area contributed by atoms with E-state index in [0.717, 1.165) is 11.3 Å². The summed E-state index contributed by atoms with van der Waals surface area (Å²) in [7, 11) is 0. The average molecular weight is 402 g/mol. The van der Waals surface area contributed by atoms with Gasteiger partial charge in [-0.2, -0.15) is 0 Å². The molecule has 0 amide bonds. The Morgan fingerprint density at radius 2 is 1.53 bits per heavy atom. The molecule has 4 aromatic rings. The number of benzene rings is 3. The van der Waals surface area contributed by atoms with Crippen molar-refractivity contribution < 1.29 is 18.6 Å². The molecule has 0 spiro atoms. The minimum absolute atomic E-state index is 0.171. The number of hydrogen-bond donors (Lipinski definition) is 0. The average Bonchev–Trinajstić information content (AvgIpc) is 2.77. The molecule has 0 aliphatic carbocycles. The Morgan fingerprint density at radius 1 is 0.833 bits per heavy atom. The van der Waals surface area contributed by atoms with Gasteiger partial charge in [-0.25, -0.2) is 0 Å². The maximum atomic E-state index is 13.0. The van der Waals surface area contributed by atoms with Crippen LogP contribution in [0.4, 0.5) is 0 Å². The van der Waals surface area contributed by atoms with E-state index in [9.17, 15) is 4.79 Å². The van der Waals surface area contributed by atoms with E-state index in [1.54, 1.807) is 49.4 Å². The molecule has 0 radical (unpaired) electrons. The van der Waals surface area contributed by atoms with Gasteiger partial charge in [0.15, 0.2) is 0 Å². The van der Waals surface area contributed by atoms with Gasteiger partial charge in [0.05, 0.1) is 12.0 Å². The van der Waals surface area contributed by atoms with Gasteiger partial charge in [-0.05, 0) is 55.8 Å². The third-order valence-corrected chi connectivity index (χ3v) is 4.59. The van der Waals surface area contributed by atoms with Gasteiger partial charge < -0.3 is 18.6 Å². The van der Waals surface area contributed by atoms with Gasteiger partial charge in [0.25, 0.3) is 0 Å². The fourth-order valence-electron chi connectivity index (χ4n) is 3.11. The molecule has 0 saturated carbocycles. The summed E-state index contributed by atoms with van der Waals surface area (Å²) in [4.78, 5) is 13.0. The molecular formula is C25H22O5. The molecule has 0 saturated heterocycles. The highest BCUT2D eigenvalue weighted by atomic mass is 16.5. The van der Waals surface area contributed by atoms with Gasteiger partial charge in [-0.3, -0.25) is 4.79 Å². The number of hydrogen-bond acceptors (Lipinski definition) is 5. The van der Waals surface area contributed by atoms with E-state index in [1.165, 1.54) is 0 Å². The van der Waals surface area contributed by atoms with Crippen LogP contribution < -0.4 is 19.6 Å². The molecule has 5 nitrogen and oxygen atoms in total. The van der Waals surface area contributed by atoms with Gasteiger partial charge in [-0.1, -0.05) is 30.3 Å². The molecule has 0 unspecified atom stereocenters. The topological polar surface area (TPSA) is 57.9 Å². The van der Waals surface area contributed by atoms with Crippen molar-refractivity contribution in [2.75, 3.05) is 6.61 Å². The summed E-state index contributed by atoms with van der Waals surface area (Å²) in [6.45, 7) is 4.66. The van der Waals surface area contributed by atoms with Crippen LogP contribution in [-0.2, 0) is 6.61 Å². The summed E-state index contributed by atoms with van der Waals surface area (Å²) in [6, 6.07) is 22.2. The zero-order valence-electron chi connectivity index (χ0n) is 16.9. The smallest absolute Gasteiger partial charge is 0.235 e. The first kappa shape index (κ1) is 19.6. The number of rotatable bonds is 7. The number of aryl methyl sites for hydroxylation is 1. The highest BCUT2D eigenvalue weighted by molar-refractivity contribution is 5.79. The maximum Gasteiger partial charge on any atom is 0.235 e. The van der Waals surface area contributed by atoms with Gasteiger partial charge >= 0.3 is 0 Å². The fraction of sp³-hybridized carbons (Fsp3) is 0.160. The van der Waals surface area contributed by atoms with Crippen LogP contribution in [0, 0.1) is 6.92 Å². The molecule has 0 atom stereocenters. The van der Waals surface area contributed by atoms with E-state index in [4.69, 9.17) is 18.6 Å². The lowest BCUT2D eigenvalue weighted by Crippen LogP contribution is -2.07. The normalized spacial score (nSPS) is 10.7. The highest BCUT2D eigenvalue weighted by Crippen LogP contribution is 2.28. The lowest BCUT2D eigenvalue weighted by molar-refractivity contribution is 0.306. The first-order chi connectivity index (χ1) is 14.6. The Morgan fingerprint density at radius 3 is 2.27 bits per heavy atom. The van der Waals surface area contributed by atoms with E-state index in [0.29, 0.717) is 41.4 Å². The summed E-state index contributed by atoms with van der Waals surface area (Å²) in [5, 5.41) is 0.439. The second kappa shape index (κ2) is 8.74. The molecule has 152 valence electrons. The Balaban J connectivity index is 1.57. The minimum Gasteiger partial charge on any atom is -0.494 e. The van der Waals surface area contributed by atoms with E-state index < -0.39 is 0 Å². The van der Waals surface area contributed by atoms with Crippen molar-refractivity contribution in [3.8, 4) is 23.0 Å². The van der Waals surface area contributed by atoms with E-state index in [2.05, 4.69) is 0 Å². The zero-order valence-corrected chi connectivity index (χ0v) is 16.9. The van der Waals surface area contributed by atoms with Crippen LogP contribution in [0.2, 0.25) is 0 Å². The summed E-state index contributed by atoms with van der Waals surface area (Å²) in [5.41, 5.74) is 1.30. The van der Waals surface area contributed by atoms with Crippen molar-refractivity contribution in [2.24, 2.45) is 0 Å². The van der Waals surface area contributed by atoms with E-state index in [-0.39, 0.29) is 11.2 Å². The number of ether oxygens (including phenoxy) is 3. The van der Waals surface area contributed by atoms with Gasteiger partial charge in [0, 0.05) is 6.07 Å². The molecule has 0 aliphatic heterocycles. The van der Waals surface area contributed by atoms with Gasteiger partial charge in [0.1, 0.15) is 35.2 Å². The molecule has 1 aromatic heterocycles. The highest BCUT2D eigenvalue weighted by Gasteiger charge is 2.15. The molecule has 5 heteroatoms. The predicted octanol–water partition coefficient (Wildman–Crippen LogP) is 5.87. The molecule has 0 N–H and O–H groups in total. The van der Waals surface area contributed by atoms with Crippen LogP contribution in [0.5, 0.6) is 23.0 Å². The Bertz CT molecular complexity index is 1190. The standard InChI is InChI=1S/C25H22O5/c1-3-27-19-9-11-20(12-10-19)30-25-17(2)29-23-15-21(13-14-22(23)24(25)26)28-16-18-7-5-4-6-8-18/h4-15H,3,16H2,1-2H3. The molecule has 0 aliphatic rings. The van der Waals surface area contributed by atoms with Gasteiger partial charge in [-0.15, -0.1) is 0 Å². The van der Waals surface area contributed by atoms with Crippen molar-refractivity contribution in [1.82, 2.24) is 0 Å². The Labute approximate surface area is 174 Å². The molecule has 4 rings (SSSR count).